The Hall–Kier alpha value is -0.890. The first-order valence-corrected chi connectivity index (χ1v) is 9.41. The van der Waals surface area contributed by atoms with Gasteiger partial charge in [-0.2, -0.15) is 0 Å². The molecule has 144 valence electrons. The number of hydrogen-bond acceptors (Lipinski definition) is 5. The van der Waals surface area contributed by atoms with Crippen molar-refractivity contribution in [2.45, 2.75) is 6.42 Å². The van der Waals surface area contributed by atoms with Crippen LogP contribution in [0.25, 0.3) is 10.6 Å². The number of nitrogens with zero attached hydrogens (tertiary/aromatic N) is 2. The number of hydrogen-bond donors (Lipinski definition) is 2. The molecule has 1 aliphatic rings. The Balaban J connectivity index is 0.00000169. The smallest absolute Gasteiger partial charge is 0.270 e. The molecule has 2 N–H and O–H groups in total. The third kappa shape index (κ3) is 6.68. The van der Waals surface area contributed by atoms with E-state index >= 15 is 0 Å². The lowest BCUT2D eigenvalue weighted by molar-refractivity contribution is 0.0947. The highest BCUT2D eigenvalue weighted by atomic mass is 35.5. The molecular formula is C17H23Cl3N4OS. The summed E-state index contributed by atoms with van der Waals surface area (Å²) in [6, 6.07) is 7.48. The van der Waals surface area contributed by atoms with E-state index in [-0.39, 0.29) is 30.7 Å². The van der Waals surface area contributed by atoms with Crippen molar-refractivity contribution in [2.75, 3.05) is 39.3 Å². The van der Waals surface area contributed by atoms with Gasteiger partial charge < -0.3 is 15.5 Å². The lowest BCUT2D eigenvalue weighted by Crippen LogP contribution is -2.44. The van der Waals surface area contributed by atoms with Gasteiger partial charge in [0.15, 0.2) is 0 Å². The highest BCUT2D eigenvalue weighted by Gasteiger charge is 2.12. The van der Waals surface area contributed by atoms with Crippen LogP contribution in [0.4, 0.5) is 0 Å². The molecule has 3 rings (SSSR count). The molecule has 1 fully saturated rings. The summed E-state index contributed by atoms with van der Waals surface area (Å²) in [5.74, 6) is -0.105. The quantitative estimate of drug-likeness (QED) is 0.681. The molecule has 0 unspecified atom stereocenters. The van der Waals surface area contributed by atoms with Crippen molar-refractivity contribution in [2.24, 2.45) is 0 Å². The van der Waals surface area contributed by atoms with Crippen molar-refractivity contribution in [3.8, 4) is 10.6 Å². The minimum Gasteiger partial charge on any atom is -0.351 e. The van der Waals surface area contributed by atoms with Gasteiger partial charge in [0.05, 0.1) is 0 Å². The Morgan fingerprint density at radius 1 is 1.23 bits per heavy atom. The Labute approximate surface area is 175 Å². The van der Waals surface area contributed by atoms with Crippen molar-refractivity contribution in [1.82, 2.24) is 20.5 Å². The summed E-state index contributed by atoms with van der Waals surface area (Å²) in [5, 5.41) is 9.62. The van der Waals surface area contributed by atoms with E-state index < -0.39 is 0 Å². The van der Waals surface area contributed by atoms with E-state index in [4.69, 9.17) is 11.6 Å². The van der Waals surface area contributed by atoms with Crippen molar-refractivity contribution in [1.29, 1.82) is 0 Å². The van der Waals surface area contributed by atoms with Gasteiger partial charge in [-0.15, -0.1) is 36.2 Å². The first kappa shape index (κ1) is 23.1. The van der Waals surface area contributed by atoms with Crippen molar-refractivity contribution >= 4 is 53.7 Å². The zero-order valence-electron chi connectivity index (χ0n) is 14.2. The molecule has 1 saturated heterocycles. The van der Waals surface area contributed by atoms with Crippen LogP contribution in [0, 0.1) is 0 Å². The summed E-state index contributed by atoms with van der Waals surface area (Å²) in [5.41, 5.74) is 1.45. The second-order valence-electron chi connectivity index (χ2n) is 5.75. The fraction of sp³-hybridized carbons (Fsp3) is 0.412. The maximum absolute atomic E-state index is 12.2. The predicted octanol–water partition coefficient (Wildman–Crippen LogP) is 3.33. The average Bonchev–Trinajstić information content (AvgIpc) is 3.10. The first-order chi connectivity index (χ1) is 11.7. The van der Waals surface area contributed by atoms with Gasteiger partial charge in [0, 0.05) is 48.7 Å². The third-order valence-corrected chi connectivity index (χ3v) is 5.12. The molecule has 1 aromatic heterocycles. The molecule has 2 heterocycles. The number of rotatable bonds is 6. The van der Waals surface area contributed by atoms with E-state index in [9.17, 15) is 4.79 Å². The van der Waals surface area contributed by atoms with Crippen LogP contribution in [-0.2, 0) is 0 Å². The minimum absolute atomic E-state index is 0. The maximum atomic E-state index is 12.2. The molecule has 5 nitrogen and oxygen atoms in total. The number of halogens is 3. The molecule has 1 amide bonds. The molecule has 0 atom stereocenters. The summed E-state index contributed by atoms with van der Waals surface area (Å²) in [4.78, 5) is 19.0. The standard InChI is InChI=1S/C17H21ClN4OS.2ClH/c18-14-4-2-13(3-5-14)17-21-15(12-24-17)16(23)20-6-1-9-22-10-7-19-8-11-22;;/h2-5,12,19H,1,6-11H2,(H,20,23);2*1H. The number of carbonyl (C=O) groups is 1. The molecule has 0 aliphatic carbocycles. The Bertz CT molecular complexity index is 675. The summed E-state index contributed by atoms with van der Waals surface area (Å²) < 4.78 is 0. The SMILES string of the molecule is Cl.Cl.O=C(NCCCN1CCNCC1)c1csc(-c2ccc(Cl)cc2)n1. The van der Waals surface area contributed by atoms with Crippen LogP contribution in [0.1, 0.15) is 16.9 Å². The number of benzene rings is 1. The summed E-state index contributed by atoms with van der Waals surface area (Å²) in [6.07, 6.45) is 0.958. The molecule has 9 heteroatoms. The molecule has 1 aliphatic heterocycles. The van der Waals surface area contributed by atoms with E-state index in [1.165, 1.54) is 11.3 Å². The molecule has 2 aromatic rings. The summed E-state index contributed by atoms with van der Waals surface area (Å²) in [6.45, 7) is 5.98. The predicted molar refractivity (Wildman–Crippen MR) is 113 cm³/mol. The lowest BCUT2D eigenvalue weighted by Gasteiger charge is -2.26. The van der Waals surface area contributed by atoms with Gasteiger partial charge in [-0.3, -0.25) is 4.79 Å². The number of amides is 1. The fourth-order valence-corrected chi connectivity index (χ4v) is 3.57. The van der Waals surface area contributed by atoms with E-state index in [2.05, 4.69) is 20.5 Å². The second-order valence-corrected chi connectivity index (χ2v) is 7.04. The number of thiazole rings is 1. The monoisotopic (exact) mass is 436 g/mol. The lowest BCUT2D eigenvalue weighted by atomic mass is 10.2. The average molecular weight is 438 g/mol. The summed E-state index contributed by atoms with van der Waals surface area (Å²) in [7, 11) is 0. The van der Waals surface area contributed by atoms with Crippen LogP contribution >= 0.6 is 47.8 Å². The van der Waals surface area contributed by atoms with Crippen molar-refractivity contribution in [3.05, 3.63) is 40.4 Å². The van der Waals surface area contributed by atoms with Crippen LogP contribution in [0.3, 0.4) is 0 Å². The van der Waals surface area contributed by atoms with Crippen LogP contribution in [0.15, 0.2) is 29.6 Å². The molecule has 0 spiro atoms. The van der Waals surface area contributed by atoms with E-state index in [1.54, 1.807) is 5.38 Å². The van der Waals surface area contributed by atoms with E-state index in [0.717, 1.165) is 49.7 Å². The normalized spacial score (nSPS) is 14.2. The molecule has 0 bridgehead atoms. The second kappa shape index (κ2) is 11.7. The maximum Gasteiger partial charge on any atom is 0.270 e. The van der Waals surface area contributed by atoms with Gasteiger partial charge in [0.1, 0.15) is 10.7 Å². The summed E-state index contributed by atoms with van der Waals surface area (Å²) >= 11 is 7.36. The third-order valence-electron chi connectivity index (χ3n) is 3.97. The Morgan fingerprint density at radius 3 is 2.62 bits per heavy atom. The van der Waals surface area contributed by atoms with Gasteiger partial charge in [0.25, 0.3) is 5.91 Å². The van der Waals surface area contributed by atoms with Crippen LogP contribution in [0.5, 0.6) is 0 Å². The molecular weight excluding hydrogens is 415 g/mol. The molecule has 26 heavy (non-hydrogen) atoms. The number of nitrogens with one attached hydrogen (secondary N) is 2. The fourth-order valence-electron chi connectivity index (χ4n) is 2.63. The van der Waals surface area contributed by atoms with Gasteiger partial charge in [0.2, 0.25) is 0 Å². The Morgan fingerprint density at radius 2 is 1.92 bits per heavy atom. The van der Waals surface area contributed by atoms with Crippen LogP contribution < -0.4 is 10.6 Å². The minimum atomic E-state index is -0.105. The molecule has 0 radical (unpaired) electrons. The van der Waals surface area contributed by atoms with Gasteiger partial charge in [-0.05, 0) is 25.1 Å². The van der Waals surface area contributed by atoms with Gasteiger partial charge in [-0.25, -0.2) is 4.98 Å². The Kier molecular flexibility index (Phi) is 10.5. The molecule has 1 aromatic carbocycles. The number of piperazine rings is 1. The highest BCUT2D eigenvalue weighted by Crippen LogP contribution is 2.25. The van der Waals surface area contributed by atoms with Gasteiger partial charge >= 0.3 is 0 Å². The van der Waals surface area contributed by atoms with Crippen LogP contribution in [0.2, 0.25) is 5.02 Å². The largest absolute Gasteiger partial charge is 0.351 e. The van der Waals surface area contributed by atoms with E-state index in [1.807, 2.05) is 24.3 Å². The van der Waals surface area contributed by atoms with Crippen molar-refractivity contribution in [3.63, 3.8) is 0 Å². The first-order valence-electron chi connectivity index (χ1n) is 8.15. The van der Waals surface area contributed by atoms with Crippen molar-refractivity contribution < 1.29 is 4.79 Å². The highest BCUT2D eigenvalue weighted by molar-refractivity contribution is 7.13. The zero-order valence-corrected chi connectivity index (χ0v) is 17.4. The van der Waals surface area contributed by atoms with Crippen LogP contribution in [-0.4, -0.2) is 55.1 Å². The number of carbonyl (C=O) groups excluding carboxylic acids is 1. The molecule has 0 saturated carbocycles. The zero-order chi connectivity index (χ0) is 16.8. The van der Waals surface area contributed by atoms with E-state index in [0.29, 0.717) is 17.3 Å². The topological polar surface area (TPSA) is 57.3 Å². The number of aromatic nitrogens is 1. The van der Waals surface area contributed by atoms with Gasteiger partial charge in [-0.1, -0.05) is 23.7 Å².